The monoisotopic (exact) mass is 354 g/mol. The van der Waals surface area contributed by atoms with Gasteiger partial charge in [-0.15, -0.1) is 0 Å². The molecule has 0 spiro atoms. The van der Waals surface area contributed by atoms with E-state index in [4.69, 9.17) is 5.11 Å². The molecule has 0 unspecified atom stereocenters. The summed E-state index contributed by atoms with van der Waals surface area (Å²) < 4.78 is 0. The van der Waals surface area contributed by atoms with Crippen LogP contribution in [0.3, 0.4) is 0 Å². The fourth-order valence-corrected chi connectivity index (χ4v) is 2.36. The summed E-state index contributed by atoms with van der Waals surface area (Å²) in [6.45, 7) is 0.761. The van der Waals surface area contributed by atoms with Gasteiger partial charge in [0, 0.05) is 25.9 Å². The summed E-state index contributed by atoms with van der Waals surface area (Å²) in [5.41, 5.74) is 2.14. The standard InChI is InChI=1S/C20H22N2O4/c23-18(11-8-15-6-9-17(10-7-15)20(25)26)21-13-12-19(24)22-14-16-4-2-1-3-5-16/h1-7,9-10H,8,11-14H2,(H,21,23)(H,22,24)(H,25,26). The first-order valence-corrected chi connectivity index (χ1v) is 8.44. The van der Waals surface area contributed by atoms with Crippen LogP contribution in [-0.2, 0) is 22.6 Å². The first-order valence-electron chi connectivity index (χ1n) is 8.44. The highest BCUT2D eigenvalue weighted by Gasteiger charge is 2.06. The summed E-state index contributed by atoms with van der Waals surface area (Å²) in [5, 5.41) is 14.4. The zero-order valence-electron chi connectivity index (χ0n) is 14.4. The van der Waals surface area contributed by atoms with E-state index in [0.29, 0.717) is 13.0 Å². The second-order valence-corrected chi connectivity index (χ2v) is 5.86. The lowest BCUT2D eigenvalue weighted by Gasteiger charge is -2.07. The molecule has 0 aliphatic carbocycles. The normalized spacial score (nSPS) is 10.2. The smallest absolute Gasteiger partial charge is 0.335 e. The number of carbonyl (C=O) groups is 3. The second kappa shape index (κ2) is 9.98. The van der Waals surface area contributed by atoms with Gasteiger partial charge in [0.1, 0.15) is 0 Å². The van der Waals surface area contributed by atoms with E-state index in [1.165, 1.54) is 12.1 Å². The molecule has 0 aliphatic heterocycles. The third-order valence-corrected chi connectivity index (χ3v) is 3.85. The zero-order chi connectivity index (χ0) is 18.8. The van der Waals surface area contributed by atoms with Gasteiger partial charge in [-0.25, -0.2) is 4.79 Å². The molecule has 0 fully saturated rings. The molecule has 0 heterocycles. The fraction of sp³-hybridized carbons (Fsp3) is 0.250. The number of amides is 2. The van der Waals surface area contributed by atoms with Gasteiger partial charge in [-0.3, -0.25) is 9.59 Å². The van der Waals surface area contributed by atoms with E-state index < -0.39 is 5.97 Å². The van der Waals surface area contributed by atoms with Crippen molar-refractivity contribution < 1.29 is 19.5 Å². The summed E-state index contributed by atoms with van der Waals surface area (Å²) in [6.07, 6.45) is 1.04. The molecule has 2 amide bonds. The third-order valence-electron chi connectivity index (χ3n) is 3.85. The molecule has 136 valence electrons. The van der Waals surface area contributed by atoms with Gasteiger partial charge in [0.05, 0.1) is 5.56 Å². The molecule has 3 N–H and O–H groups in total. The molecule has 0 radical (unpaired) electrons. The molecule has 2 rings (SSSR count). The van der Waals surface area contributed by atoms with E-state index in [1.54, 1.807) is 12.1 Å². The van der Waals surface area contributed by atoms with E-state index >= 15 is 0 Å². The van der Waals surface area contributed by atoms with Crippen molar-refractivity contribution in [1.82, 2.24) is 10.6 Å². The maximum absolute atomic E-state index is 11.8. The predicted molar refractivity (Wildman–Crippen MR) is 97.6 cm³/mol. The van der Waals surface area contributed by atoms with Gasteiger partial charge in [-0.1, -0.05) is 42.5 Å². The number of carboxylic acid groups (broad SMARTS) is 1. The van der Waals surface area contributed by atoms with Gasteiger partial charge in [-0.2, -0.15) is 0 Å². The van der Waals surface area contributed by atoms with Crippen molar-refractivity contribution >= 4 is 17.8 Å². The highest BCUT2D eigenvalue weighted by atomic mass is 16.4. The van der Waals surface area contributed by atoms with Gasteiger partial charge < -0.3 is 15.7 Å². The number of carbonyl (C=O) groups excluding carboxylic acids is 2. The molecule has 26 heavy (non-hydrogen) atoms. The van der Waals surface area contributed by atoms with Crippen molar-refractivity contribution in [1.29, 1.82) is 0 Å². The van der Waals surface area contributed by atoms with Gasteiger partial charge in [0.25, 0.3) is 0 Å². The first-order chi connectivity index (χ1) is 12.5. The quantitative estimate of drug-likeness (QED) is 0.643. The van der Waals surface area contributed by atoms with Crippen molar-refractivity contribution in [2.75, 3.05) is 6.54 Å². The van der Waals surface area contributed by atoms with E-state index in [0.717, 1.165) is 11.1 Å². The van der Waals surface area contributed by atoms with Gasteiger partial charge in [0.15, 0.2) is 0 Å². The topological polar surface area (TPSA) is 95.5 Å². The lowest BCUT2D eigenvalue weighted by Crippen LogP contribution is -2.30. The maximum Gasteiger partial charge on any atom is 0.335 e. The van der Waals surface area contributed by atoms with E-state index in [1.807, 2.05) is 30.3 Å². The van der Waals surface area contributed by atoms with Crippen LogP contribution in [0.4, 0.5) is 0 Å². The van der Waals surface area contributed by atoms with Crippen LogP contribution in [0, 0.1) is 0 Å². The number of hydrogen-bond donors (Lipinski definition) is 3. The van der Waals surface area contributed by atoms with Crippen LogP contribution in [0.1, 0.15) is 34.3 Å². The van der Waals surface area contributed by atoms with E-state index in [9.17, 15) is 14.4 Å². The Hall–Kier alpha value is -3.15. The number of hydrogen-bond acceptors (Lipinski definition) is 3. The van der Waals surface area contributed by atoms with Crippen LogP contribution in [0.5, 0.6) is 0 Å². The number of carboxylic acids is 1. The Morgan fingerprint density at radius 1 is 0.769 bits per heavy atom. The average Bonchev–Trinajstić information content (AvgIpc) is 2.66. The Morgan fingerprint density at radius 3 is 2.08 bits per heavy atom. The highest BCUT2D eigenvalue weighted by Crippen LogP contribution is 2.07. The molecule has 0 aromatic heterocycles. The lowest BCUT2D eigenvalue weighted by molar-refractivity contribution is -0.122. The Kier molecular flexibility index (Phi) is 7.36. The maximum atomic E-state index is 11.8. The number of rotatable bonds is 9. The summed E-state index contributed by atoms with van der Waals surface area (Å²) in [6, 6.07) is 16.1. The summed E-state index contributed by atoms with van der Waals surface area (Å²) in [4.78, 5) is 34.4. The molecular weight excluding hydrogens is 332 g/mol. The minimum atomic E-state index is -0.972. The van der Waals surface area contributed by atoms with E-state index in [-0.39, 0.29) is 36.8 Å². The minimum absolute atomic E-state index is 0.113. The Balaban J connectivity index is 1.61. The SMILES string of the molecule is O=C(CCc1ccc(C(=O)O)cc1)NCCC(=O)NCc1ccccc1. The van der Waals surface area contributed by atoms with Crippen molar-refractivity contribution in [3.05, 3.63) is 71.3 Å². The van der Waals surface area contributed by atoms with Crippen LogP contribution in [0.2, 0.25) is 0 Å². The van der Waals surface area contributed by atoms with E-state index in [2.05, 4.69) is 10.6 Å². The molecule has 0 bridgehead atoms. The van der Waals surface area contributed by atoms with Crippen LogP contribution in [-0.4, -0.2) is 29.4 Å². The van der Waals surface area contributed by atoms with Crippen molar-refractivity contribution in [2.24, 2.45) is 0 Å². The summed E-state index contributed by atoms with van der Waals surface area (Å²) in [5.74, 6) is -1.22. The number of aryl methyl sites for hydroxylation is 1. The molecule has 2 aromatic carbocycles. The molecule has 6 heteroatoms. The first kappa shape index (κ1) is 19.2. The summed E-state index contributed by atoms with van der Waals surface area (Å²) >= 11 is 0. The minimum Gasteiger partial charge on any atom is -0.478 e. The summed E-state index contributed by atoms with van der Waals surface area (Å²) in [7, 11) is 0. The van der Waals surface area contributed by atoms with Gasteiger partial charge in [0.2, 0.25) is 11.8 Å². The third kappa shape index (κ3) is 6.76. The molecule has 0 aliphatic rings. The van der Waals surface area contributed by atoms with Crippen LogP contribution < -0.4 is 10.6 Å². The zero-order valence-corrected chi connectivity index (χ0v) is 14.4. The molecule has 0 atom stereocenters. The fourth-order valence-electron chi connectivity index (χ4n) is 2.36. The number of benzene rings is 2. The highest BCUT2D eigenvalue weighted by molar-refractivity contribution is 5.87. The average molecular weight is 354 g/mol. The van der Waals surface area contributed by atoms with Crippen molar-refractivity contribution in [3.8, 4) is 0 Å². The Morgan fingerprint density at radius 2 is 1.42 bits per heavy atom. The lowest BCUT2D eigenvalue weighted by atomic mass is 10.1. The Bertz CT molecular complexity index is 742. The number of aromatic carboxylic acids is 1. The van der Waals surface area contributed by atoms with Crippen molar-refractivity contribution in [2.45, 2.75) is 25.8 Å². The Labute approximate surface area is 152 Å². The molecular formula is C20H22N2O4. The predicted octanol–water partition coefficient (Wildman–Crippen LogP) is 2.14. The van der Waals surface area contributed by atoms with Crippen LogP contribution in [0.25, 0.3) is 0 Å². The molecule has 2 aromatic rings. The molecule has 0 saturated carbocycles. The van der Waals surface area contributed by atoms with Crippen molar-refractivity contribution in [3.63, 3.8) is 0 Å². The van der Waals surface area contributed by atoms with Gasteiger partial charge >= 0.3 is 5.97 Å². The van der Waals surface area contributed by atoms with Gasteiger partial charge in [-0.05, 0) is 29.7 Å². The van der Waals surface area contributed by atoms with Crippen LogP contribution >= 0.6 is 0 Å². The van der Waals surface area contributed by atoms with Crippen LogP contribution in [0.15, 0.2) is 54.6 Å². The second-order valence-electron chi connectivity index (χ2n) is 5.86. The largest absolute Gasteiger partial charge is 0.478 e. The number of nitrogens with one attached hydrogen (secondary N) is 2. The molecule has 0 saturated heterocycles. The molecule has 6 nitrogen and oxygen atoms in total.